The molecule has 0 spiro atoms. The zero-order valence-corrected chi connectivity index (χ0v) is 14.3. The molecule has 122 valence electrons. The van der Waals surface area contributed by atoms with Crippen molar-refractivity contribution in [1.82, 2.24) is 0 Å². The number of nitrogens with zero attached hydrogens (tertiary/aromatic N) is 1. The molecule has 0 aliphatic heterocycles. The van der Waals surface area contributed by atoms with E-state index in [1.807, 2.05) is 19.2 Å². The highest BCUT2D eigenvalue weighted by atomic mass is 35.5. The van der Waals surface area contributed by atoms with Gasteiger partial charge in [0.05, 0.1) is 26.9 Å². The minimum absolute atomic E-state index is 0.0418. The fourth-order valence-electron chi connectivity index (χ4n) is 2.13. The fraction of sp³-hybridized carbons (Fsp3) is 0.267. The molecule has 0 bridgehead atoms. The molecule has 0 radical (unpaired) electrons. The van der Waals surface area contributed by atoms with Crippen LogP contribution >= 0.6 is 22.9 Å². The van der Waals surface area contributed by atoms with E-state index in [1.54, 1.807) is 13.0 Å². The number of hydrogen-bond acceptors (Lipinski definition) is 4. The maximum Gasteiger partial charge on any atom is 0.279 e. The quantitative estimate of drug-likeness (QED) is 0.617. The van der Waals surface area contributed by atoms with Gasteiger partial charge >= 0.3 is 0 Å². The van der Waals surface area contributed by atoms with Gasteiger partial charge < -0.3 is 10.2 Å². The van der Waals surface area contributed by atoms with E-state index < -0.39 is 4.92 Å². The molecule has 1 unspecified atom stereocenters. The van der Waals surface area contributed by atoms with Crippen LogP contribution in [0.2, 0.25) is 4.34 Å². The number of rotatable bonds is 6. The Kier molecular flexibility index (Phi) is 5.70. The van der Waals surface area contributed by atoms with Crippen LogP contribution in [-0.4, -0.2) is 24.4 Å². The number of carbonyl (C=O) groups is 1. The summed E-state index contributed by atoms with van der Waals surface area (Å²) >= 11 is 7.38. The Hall–Kier alpha value is -1.96. The molecule has 2 rings (SSSR count). The Morgan fingerprint density at radius 1 is 1.39 bits per heavy atom. The number of nitrogens with one attached hydrogen (secondary N) is 2. The number of anilines is 1. The molecule has 0 aliphatic rings. The van der Waals surface area contributed by atoms with Gasteiger partial charge in [0.1, 0.15) is 6.54 Å². The largest absolute Gasteiger partial charge is 0.325 e. The van der Waals surface area contributed by atoms with E-state index >= 15 is 0 Å². The van der Waals surface area contributed by atoms with Crippen molar-refractivity contribution in [1.29, 1.82) is 0 Å². The first kappa shape index (κ1) is 17.4. The van der Waals surface area contributed by atoms with E-state index in [0.717, 1.165) is 19.7 Å². The summed E-state index contributed by atoms with van der Waals surface area (Å²) in [5.74, 6) is -0.186. The SMILES string of the molecule is Cc1ccc([N+](=O)[O-])cc1NC(=O)C[NH+](C)Cc1ccc(Cl)s1. The summed E-state index contributed by atoms with van der Waals surface area (Å²) in [5.41, 5.74) is 1.21. The van der Waals surface area contributed by atoms with Crippen LogP contribution < -0.4 is 10.2 Å². The lowest BCUT2D eigenvalue weighted by atomic mass is 10.2. The Morgan fingerprint density at radius 3 is 2.74 bits per heavy atom. The van der Waals surface area contributed by atoms with Gasteiger partial charge in [0, 0.05) is 12.1 Å². The van der Waals surface area contributed by atoms with Crippen LogP contribution in [0.1, 0.15) is 10.4 Å². The van der Waals surface area contributed by atoms with Gasteiger partial charge in [0.2, 0.25) is 0 Å². The summed E-state index contributed by atoms with van der Waals surface area (Å²) in [5, 5.41) is 13.6. The minimum Gasteiger partial charge on any atom is -0.325 e. The van der Waals surface area contributed by atoms with Crippen molar-refractivity contribution in [3.63, 3.8) is 0 Å². The maximum atomic E-state index is 12.1. The summed E-state index contributed by atoms with van der Waals surface area (Å²) in [7, 11) is 1.91. The van der Waals surface area contributed by atoms with E-state index in [4.69, 9.17) is 11.6 Å². The molecule has 1 heterocycles. The molecule has 1 aromatic heterocycles. The zero-order chi connectivity index (χ0) is 17.0. The second kappa shape index (κ2) is 7.54. The molecule has 1 amide bonds. The lowest BCUT2D eigenvalue weighted by Gasteiger charge is -2.13. The second-order valence-corrected chi connectivity index (χ2v) is 7.12. The van der Waals surface area contributed by atoms with E-state index in [9.17, 15) is 14.9 Å². The van der Waals surface area contributed by atoms with Crippen molar-refractivity contribution in [3.05, 3.63) is 55.2 Å². The number of amides is 1. The summed E-state index contributed by atoms with van der Waals surface area (Å²) in [6.45, 7) is 2.75. The number of halogens is 1. The summed E-state index contributed by atoms with van der Waals surface area (Å²) in [4.78, 5) is 24.6. The molecule has 8 heteroatoms. The van der Waals surface area contributed by atoms with E-state index in [1.165, 1.54) is 23.5 Å². The Balaban J connectivity index is 1.96. The first-order chi connectivity index (χ1) is 10.8. The molecular weight excluding hydrogens is 338 g/mol. The van der Waals surface area contributed by atoms with Gasteiger partial charge in [-0.05, 0) is 24.6 Å². The van der Waals surface area contributed by atoms with Crippen molar-refractivity contribution >= 4 is 40.2 Å². The fourth-order valence-corrected chi connectivity index (χ4v) is 3.33. The molecule has 6 nitrogen and oxygen atoms in total. The van der Waals surface area contributed by atoms with E-state index in [0.29, 0.717) is 12.2 Å². The van der Waals surface area contributed by atoms with E-state index in [2.05, 4.69) is 5.32 Å². The van der Waals surface area contributed by atoms with Crippen LogP contribution in [0.25, 0.3) is 0 Å². The zero-order valence-electron chi connectivity index (χ0n) is 12.8. The lowest BCUT2D eigenvalue weighted by molar-refractivity contribution is -0.884. The Labute approximate surface area is 142 Å². The standard InChI is InChI=1S/C15H16ClN3O3S/c1-10-3-4-11(19(21)22)7-13(10)17-15(20)9-18(2)8-12-5-6-14(16)23-12/h3-7H,8-9H2,1-2H3,(H,17,20)/p+1. The third-order valence-electron chi connectivity index (χ3n) is 3.27. The first-order valence-electron chi connectivity index (χ1n) is 6.95. The molecule has 23 heavy (non-hydrogen) atoms. The second-order valence-electron chi connectivity index (χ2n) is 5.32. The highest BCUT2D eigenvalue weighted by Crippen LogP contribution is 2.22. The Bertz CT molecular complexity index is 733. The van der Waals surface area contributed by atoms with Crippen LogP contribution in [-0.2, 0) is 11.3 Å². The average Bonchev–Trinajstić information content (AvgIpc) is 2.85. The van der Waals surface area contributed by atoms with Gasteiger partial charge in [-0.2, -0.15) is 0 Å². The van der Waals surface area contributed by atoms with Crippen molar-refractivity contribution in [3.8, 4) is 0 Å². The molecule has 0 saturated heterocycles. The summed E-state index contributed by atoms with van der Waals surface area (Å²) in [6, 6.07) is 8.20. The molecule has 0 aliphatic carbocycles. The number of benzene rings is 1. The van der Waals surface area contributed by atoms with E-state index in [-0.39, 0.29) is 18.1 Å². The van der Waals surface area contributed by atoms with Crippen LogP contribution in [0.5, 0.6) is 0 Å². The predicted octanol–water partition coefficient (Wildman–Crippen LogP) is 2.27. The topological polar surface area (TPSA) is 76.7 Å². The van der Waals surface area contributed by atoms with Gasteiger partial charge in [0.15, 0.2) is 6.54 Å². The molecule has 1 aromatic carbocycles. The van der Waals surface area contributed by atoms with Gasteiger partial charge in [-0.25, -0.2) is 0 Å². The van der Waals surface area contributed by atoms with Gasteiger partial charge in [0.25, 0.3) is 11.6 Å². The third-order valence-corrected chi connectivity index (χ3v) is 4.50. The number of thiophene rings is 1. The molecule has 2 N–H and O–H groups in total. The monoisotopic (exact) mass is 354 g/mol. The molecule has 2 aromatic rings. The average molecular weight is 355 g/mol. The van der Waals surface area contributed by atoms with Gasteiger partial charge in [-0.3, -0.25) is 14.9 Å². The van der Waals surface area contributed by atoms with Crippen LogP contribution in [0, 0.1) is 17.0 Å². The van der Waals surface area contributed by atoms with Crippen molar-refractivity contribution in [2.45, 2.75) is 13.5 Å². The number of quaternary nitrogens is 1. The maximum absolute atomic E-state index is 12.1. The summed E-state index contributed by atoms with van der Waals surface area (Å²) in [6.07, 6.45) is 0. The summed E-state index contributed by atoms with van der Waals surface area (Å²) < 4.78 is 0.726. The molecule has 1 atom stereocenters. The van der Waals surface area contributed by atoms with Crippen molar-refractivity contribution < 1.29 is 14.6 Å². The number of nitro benzene ring substituents is 1. The number of nitro groups is 1. The molecule has 0 saturated carbocycles. The molecule has 0 fully saturated rings. The Morgan fingerprint density at radius 2 is 2.13 bits per heavy atom. The van der Waals surface area contributed by atoms with Gasteiger partial charge in [-0.1, -0.05) is 17.7 Å². The highest BCUT2D eigenvalue weighted by Gasteiger charge is 2.15. The van der Waals surface area contributed by atoms with Crippen molar-refractivity contribution in [2.24, 2.45) is 0 Å². The first-order valence-corrected chi connectivity index (χ1v) is 8.15. The van der Waals surface area contributed by atoms with Crippen LogP contribution in [0.4, 0.5) is 11.4 Å². The predicted molar refractivity (Wildman–Crippen MR) is 91.2 cm³/mol. The van der Waals surface area contributed by atoms with Crippen LogP contribution in [0.3, 0.4) is 0 Å². The third kappa shape index (κ3) is 5.02. The smallest absolute Gasteiger partial charge is 0.279 e. The molecular formula is C15H17ClN3O3S+. The van der Waals surface area contributed by atoms with Crippen molar-refractivity contribution in [2.75, 3.05) is 18.9 Å². The van der Waals surface area contributed by atoms with Crippen LogP contribution in [0.15, 0.2) is 30.3 Å². The number of carbonyl (C=O) groups excluding carboxylic acids is 1. The number of non-ortho nitro benzene ring substituents is 1. The highest BCUT2D eigenvalue weighted by molar-refractivity contribution is 7.16. The minimum atomic E-state index is -0.479. The number of aryl methyl sites for hydroxylation is 1. The number of likely N-dealkylation sites (N-methyl/N-ethyl adjacent to an activating group) is 1. The lowest BCUT2D eigenvalue weighted by Crippen LogP contribution is -3.08. The number of hydrogen-bond donors (Lipinski definition) is 2. The van der Waals surface area contributed by atoms with Gasteiger partial charge in [-0.15, -0.1) is 11.3 Å². The normalized spacial score (nSPS) is 12.0.